The fraction of sp³-hybridized carbons (Fsp3) is 0.619. The van der Waals surface area contributed by atoms with E-state index in [0.717, 1.165) is 24.1 Å². The van der Waals surface area contributed by atoms with Gasteiger partial charge in [0, 0.05) is 18.5 Å². The van der Waals surface area contributed by atoms with E-state index in [9.17, 15) is 4.39 Å². The van der Waals surface area contributed by atoms with E-state index >= 15 is 0 Å². The maximum atomic E-state index is 13.7. The number of allylic oxidation sites excluding steroid dienone is 1. The first kappa shape index (κ1) is 21.0. The van der Waals surface area contributed by atoms with Gasteiger partial charge in [-0.25, -0.2) is 9.07 Å². The molecule has 0 amide bonds. The molecule has 1 aromatic heterocycles. The van der Waals surface area contributed by atoms with Gasteiger partial charge in [-0.15, -0.1) is 0 Å². The van der Waals surface area contributed by atoms with Crippen LogP contribution in [0.5, 0.6) is 5.88 Å². The molecule has 0 unspecified atom stereocenters. The molecule has 27 heavy (non-hydrogen) atoms. The first-order valence-corrected chi connectivity index (χ1v) is 9.49. The Kier molecular flexibility index (Phi) is 7.46. The van der Waals surface area contributed by atoms with Crippen LogP contribution >= 0.6 is 0 Å². The lowest BCUT2D eigenvalue weighted by molar-refractivity contribution is 0.141. The molecule has 6 heteroatoms. The predicted octanol–water partition coefficient (Wildman–Crippen LogP) is 4.69. The summed E-state index contributed by atoms with van der Waals surface area (Å²) in [5.74, 6) is 5.85. The maximum Gasteiger partial charge on any atom is 0.221 e. The van der Waals surface area contributed by atoms with Crippen LogP contribution in [0.2, 0.25) is 0 Å². The lowest BCUT2D eigenvalue weighted by Gasteiger charge is -2.23. The highest BCUT2D eigenvalue weighted by Crippen LogP contribution is 2.26. The molecule has 0 bridgehead atoms. The number of hydrogen-bond acceptors (Lipinski definition) is 4. The maximum absolute atomic E-state index is 13.7. The van der Waals surface area contributed by atoms with Gasteiger partial charge < -0.3 is 9.57 Å². The highest BCUT2D eigenvalue weighted by Gasteiger charge is 2.20. The minimum Gasteiger partial charge on any atom is -0.474 e. The van der Waals surface area contributed by atoms with Crippen molar-refractivity contribution in [3.8, 4) is 17.7 Å². The molecule has 1 aliphatic rings. The first-order valence-electron chi connectivity index (χ1n) is 9.49. The molecule has 1 fully saturated rings. The van der Waals surface area contributed by atoms with E-state index < -0.39 is 5.83 Å². The number of nitrogens with zero attached hydrogens (tertiary/aromatic N) is 3. The summed E-state index contributed by atoms with van der Waals surface area (Å²) < 4.78 is 21.6. The fourth-order valence-corrected chi connectivity index (χ4v) is 2.84. The van der Waals surface area contributed by atoms with Gasteiger partial charge in [0.05, 0.1) is 17.5 Å². The van der Waals surface area contributed by atoms with Crippen molar-refractivity contribution in [1.29, 1.82) is 0 Å². The molecule has 1 saturated carbocycles. The molecule has 0 aromatic carbocycles. The van der Waals surface area contributed by atoms with Gasteiger partial charge in [-0.2, -0.15) is 5.10 Å². The Hall–Kier alpha value is -2.29. The third kappa shape index (κ3) is 7.09. The van der Waals surface area contributed by atoms with E-state index in [1.54, 1.807) is 4.68 Å². The van der Waals surface area contributed by atoms with E-state index in [1.165, 1.54) is 31.6 Å². The van der Waals surface area contributed by atoms with Gasteiger partial charge in [-0.1, -0.05) is 23.4 Å². The van der Waals surface area contributed by atoms with Gasteiger partial charge >= 0.3 is 0 Å². The molecule has 1 aromatic rings. The van der Waals surface area contributed by atoms with Crippen LogP contribution in [0.25, 0.3) is 0 Å². The number of oxime groups is 1. The Morgan fingerprint density at radius 2 is 2.04 bits per heavy atom. The number of aromatic nitrogens is 2. The monoisotopic (exact) mass is 375 g/mol. The number of halogens is 1. The zero-order valence-electron chi connectivity index (χ0n) is 17.0. The Morgan fingerprint density at radius 3 is 2.70 bits per heavy atom. The minimum atomic E-state index is -0.467. The number of hydrogen-bond donors (Lipinski definition) is 0. The minimum absolute atomic E-state index is 0.164. The average Bonchev–Trinajstić information content (AvgIpc) is 2.85. The topological polar surface area (TPSA) is 48.6 Å². The molecular weight excluding hydrogens is 345 g/mol. The van der Waals surface area contributed by atoms with Crippen LogP contribution in [-0.2, 0) is 11.9 Å². The van der Waals surface area contributed by atoms with Gasteiger partial charge in [0.1, 0.15) is 11.9 Å². The van der Waals surface area contributed by atoms with Gasteiger partial charge in [-0.05, 0) is 53.4 Å². The fourth-order valence-electron chi connectivity index (χ4n) is 2.84. The predicted molar refractivity (Wildman–Crippen MR) is 105 cm³/mol. The third-order valence-electron chi connectivity index (χ3n) is 4.18. The van der Waals surface area contributed by atoms with Gasteiger partial charge in [0.2, 0.25) is 5.88 Å². The summed E-state index contributed by atoms with van der Waals surface area (Å²) in [7, 11) is 1.85. The molecule has 5 nitrogen and oxygen atoms in total. The summed E-state index contributed by atoms with van der Waals surface area (Å²) in [4.78, 5) is 5.06. The van der Waals surface area contributed by atoms with Crippen molar-refractivity contribution in [3.63, 3.8) is 0 Å². The lowest BCUT2D eigenvalue weighted by atomic mass is 9.98. The highest BCUT2D eigenvalue weighted by atomic mass is 19.1. The van der Waals surface area contributed by atoms with Crippen LogP contribution in [0.4, 0.5) is 4.39 Å². The van der Waals surface area contributed by atoms with Gasteiger partial charge in [0.25, 0.3) is 0 Å². The second-order valence-corrected chi connectivity index (χ2v) is 7.92. The van der Waals surface area contributed by atoms with E-state index in [0.29, 0.717) is 5.88 Å². The van der Waals surface area contributed by atoms with Crippen molar-refractivity contribution in [2.75, 3.05) is 6.61 Å². The Morgan fingerprint density at radius 1 is 1.33 bits per heavy atom. The zero-order valence-corrected chi connectivity index (χ0v) is 17.0. The standard InChI is InChI=1S/C21H30FN3O2/c1-16-19(14-23-26-15-17(22)10-9-13-21(2,3)4)20(25(5)24-16)27-18-11-7-6-8-12-18/h10,14,18H,6-8,11-12,15H2,1-5H3. The zero-order chi connectivity index (χ0) is 19.9. The van der Waals surface area contributed by atoms with Crippen LogP contribution in [-0.4, -0.2) is 28.7 Å². The number of rotatable bonds is 6. The molecule has 1 aliphatic carbocycles. The molecule has 0 atom stereocenters. The SMILES string of the molecule is Cc1nn(C)c(OC2CCCCC2)c1C=NOCC(F)=CC#CC(C)(C)C. The Bertz CT molecular complexity index is 742. The van der Waals surface area contributed by atoms with Crippen LogP contribution in [0.1, 0.15) is 64.1 Å². The summed E-state index contributed by atoms with van der Waals surface area (Å²) in [6, 6.07) is 0. The van der Waals surface area contributed by atoms with Gasteiger partial charge in [-0.3, -0.25) is 0 Å². The quantitative estimate of drug-likeness (QED) is 0.412. The highest BCUT2D eigenvalue weighted by molar-refractivity contribution is 5.83. The van der Waals surface area contributed by atoms with Crippen molar-refractivity contribution in [1.82, 2.24) is 9.78 Å². The Balaban J connectivity index is 1.96. The summed E-state index contributed by atoms with van der Waals surface area (Å²) in [6.07, 6.45) is 8.73. The van der Waals surface area contributed by atoms with Crippen molar-refractivity contribution >= 4 is 6.21 Å². The lowest BCUT2D eigenvalue weighted by Crippen LogP contribution is -2.21. The molecule has 2 rings (SSSR count). The van der Waals surface area contributed by atoms with Gasteiger partial charge in [0.15, 0.2) is 6.61 Å². The molecule has 0 saturated heterocycles. The summed E-state index contributed by atoms with van der Waals surface area (Å²) >= 11 is 0. The van der Waals surface area contributed by atoms with Crippen molar-refractivity contribution in [2.24, 2.45) is 17.6 Å². The van der Waals surface area contributed by atoms with E-state index in [1.807, 2.05) is 34.7 Å². The second-order valence-electron chi connectivity index (χ2n) is 7.92. The molecule has 1 heterocycles. The molecule has 148 valence electrons. The van der Waals surface area contributed by atoms with E-state index in [2.05, 4.69) is 22.1 Å². The van der Waals surface area contributed by atoms with E-state index in [4.69, 9.17) is 9.57 Å². The summed E-state index contributed by atoms with van der Waals surface area (Å²) in [5.41, 5.74) is 1.39. The van der Waals surface area contributed by atoms with Crippen molar-refractivity contribution in [2.45, 2.75) is 65.9 Å². The van der Waals surface area contributed by atoms with Crippen LogP contribution in [0, 0.1) is 24.2 Å². The van der Waals surface area contributed by atoms with Crippen molar-refractivity contribution in [3.05, 3.63) is 23.2 Å². The van der Waals surface area contributed by atoms with Crippen LogP contribution < -0.4 is 4.74 Å². The third-order valence-corrected chi connectivity index (χ3v) is 4.18. The Labute approximate surface area is 161 Å². The summed E-state index contributed by atoms with van der Waals surface area (Å²) in [6.45, 7) is 7.53. The average molecular weight is 375 g/mol. The summed E-state index contributed by atoms with van der Waals surface area (Å²) in [5, 5.41) is 8.27. The second kappa shape index (κ2) is 9.59. The smallest absolute Gasteiger partial charge is 0.221 e. The number of aryl methyl sites for hydroxylation is 2. The van der Waals surface area contributed by atoms with Crippen LogP contribution in [0.15, 0.2) is 17.1 Å². The molecule has 0 radical (unpaired) electrons. The first-order chi connectivity index (χ1) is 12.8. The van der Waals surface area contributed by atoms with E-state index in [-0.39, 0.29) is 18.1 Å². The molecular formula is C21H30FN3O2. The molecule has 0 aliphatic heterocycles. The molecule has 0 spiro atoms. The van der Waals surface area contributed by atoms with Crippen LogP contribution in [0.3, 0.4) is 0 Å². The number of ether oxygens (including phenoxy) is 1. The normalized spacial score (nSPS) is 16.3. The largest absolute Gasteiger partial charge is 0.474 e. The van der Waals surface area contributed by atoms with Crippen molar-refractivity contribution < 1.29 is 14.0 Å². The molecule has 0 N–H and O–H groups in total.